The first-order chi connectivity index (χ1) is 13.7. The maximum absolute atomic E-state index is 12.4. The van der Waals surface area contributed by atoms with E-state index in [9.17, 15) is 22.8 Å². The van der Waals surface area contributed by atoms with Crippen LogP contribution in [0, 0.1) is 6.92 Å². The molecule has 8 nitrogen and oxygen atoms in total. The van der Waals surface area contributed by atoms with Crippen molar-refractivity contribution in [2.45, 2.75) is 19.9 Å². The zero-order valence-corrected chi connectivity index (χ0v) is 16.9. The average Bonchev–Trinajstić information content (AvgIpc) is 2.88. The van der Waals surface area contributed by atoms with Gasteiger partial charge in [-0.25, -0.2) is 8.42 Å². The summed E-state index contributed by atoms with van der Waals surface area (Å²) >= 11 is 0. The Bertz CT molecular complexity index is 1100. The van der Waals surface area contributed by atoms with E-state index >= 15 is 0 Å². The number of sulfonamides is 1. The monoisotopic (exact) mass is 415 g/mol. The number of carbonyl (C=O) groups is 3. The van der Waals surface area contributed by atoms with E-state index in [-0.39, 0.29) is 25.4 Å². The normalized spacial score (nSPS) is 13.4. The zero-order valence-electron chi connectivity index (χ0n) is 16.1. The molecule has 1 aliphatic rings. The van der Waals surface area contributed by atoms with Gasteiger partial charge in [0, 0.05) is 19.5 Å². The first-order valence-corrected chi connectivity index (χ1v) is 10.8. The third-order valence-electron chi connectivity index (χ3n) is 4.48. The van der Waals surface area contributed by atoms with Crippen molar-refractivity contribution in [1.82, 2.24) is 10.2 Å². The molecule has 0 unspecified atom stereocenters. The number of rotatable bonds is 7. The van der Waals surface area contributed by atoms with Crippen LogP contribution in [0.5, 0.6) is 0 Å². The molecule has 2 aromatic carbocycles. The summed E-state index contributed by atoms with van der Waals surface area (Å²) in [5.74, 6) is -1.16. The molecular formula is C20H21N3O5S. The Labute approximate surface area is 169 Å². The maximum Gasteiger partial charge on any atom is 0.261 e. The van der Waals surface area contributed by atoms with Crippen molar-refractivity contribution in [3.05, 3.63) is 64.7 Å². The Balaban J connectivity index is 1.58. The Morgan fingerprint density at radius 2 is 1.72 bits per heavy atom. The molecule has 0 atom stereocenters. The van der Waals surface area contributed by atoms with Crippen molar-refractivity contribution in [1.29, 1.82) is 0 Å². The Morgan fingerprint density at radius 1 is 1.03 bits per heavy atom. The lowest BCUT2D eigenvalue weighted by atomic mass is 10.1. The third-order valence-corrected chi connectivity index (χ3v) is 5.07. The molecular weight excluding hydrogens is 394 g/mol. The highest BCUT2D eigenvalue weighted by Crippen LogP contribution is 2.24. The van der Waals surface area contributed by atoms with E-state index < -0.39 is 21.8 Å². The number of aryl methyl sites for hydroxylation is 1. The van der Waals surface area contributed by atoms with Gasteiger partial charge in [0.2, 0.25) is 15.9 Å². The quantitative estimate of drug-likeness (QED) is 0.668. The van der Waals surface area contributed by atoms with Crippen LogP contribution in [0.2, 0.25) is 0 Å². The van der Waals surface area contributed by atoms with Crippen LogP contribution < -0.4 is 10.0 Å². The minimum Gasteiger partial charge on any atom is -0.352 e. The summed E-state index contributed by atoms with van der Waals surface area (Å²) in [4.78, 5) is 38.1. The number of para-hydroxylation sites is 1. The number of benzene rings is 2. The van der Waals surface area contributed by atoms with Crippen molar-refractivity contribution in [2.75, 3.05) is 17.5 Å². The molecule has 1 heterocycles. The summed E-state index contributed by atoms with van der Waals surface area (Å²) in [6.07, 6.45) is 0.998. The SMILES string of the molecule is Cc1ccc2c(c1)C(=O)N(CCC(=O)NCc1ccccc1NS(C)(=O)=O)C2=O. The van der Waals surface area contributed by atoms with Crippen molar-refractivity contribution in [3.63, 3.8) is 0 Å². The van der Waals surface area contributed by atoms with Crippen LogP contribution in [0.4, 0.5) is 5.69 Å². The molecule has 0 aromatic heterocycles. The minimum absolute atomic E-state index is 0.0273. The second kappa shape index (κ2) is 8.04. The Hall–Kier alpha value is -3.20. The molecule has 9 heteroatoms. The molecule has 152 valence electrons. The van der Waals surface area contributed by atoms with E-state index in [1.807, 2.05) is 6.92 Å². The summed E-state index contributed by atoms with van der Waals surface area (Å²) in [5, 5.41) is 2.69. The van der Waals surface area contributed by atoms with E-state index in [0.717, 1.165) is 16.7 Å². The fraction of sp³-hybridized carbons (Fsp3) is 0.250. The van der Waals surface area contributed by atoms with Crippen molar-refractivity contribution < 1.29 is 22.8 Å². The van der Waals surface area contributed by atoms with Gasteiger partial charge in [-0.2, -0.15) is 0 Å². The number of nitrogens with one attached hydrogen (secondary N) is 2. The van der Waals surface area contributed by atoms with Crippen molar-refractivity contribution >= 4 is 33.4 Å². The second-order valence-corrected chi connectivity index (χ2v) is 8.62. The van der Waals surface area contributed by atoms with Crippen molar-refractivity contribution in [3.8, 4) is 0 Å². The number of fused-ring (bicyclic) bond motifs is 1. The molecule has 0 fully saturated rings. The Morgan fingerprint density at radius 3 is 2.45 bits per heavy atom. The topological polar surface area (TPSA) is 113 Å². The fourth-order valence-electron chi connectivity index (χ4n) is 3.08. The van der Waals surface area contributed by atoms with E-state index in [1.54, 1.807) is 42.5 Å². The second-order valence-electron chi connectivity index (χ2n) is 6.87. The summed E-state index contributed by atoms with van der Waals surface area (Å²) in [6.45, 7) is 1.92. The van der Waals surface area contributed by atoms with Crippen LogP contribution in [0.3, 0.4) is 0 Å². The molecule has 2 N–H and O–H groups in total. The van der Waals surface area contributed by atoms with E-state index in [4.69, 9.17) is 0 Å². The van der Waals surface area contributed by atoms with Gasteiger partial charge < -0.3 is 5.32 Å². The molecule has 0 radical (unpaired) electrons. The lowest BCUT2D eigenvalue weighted by Crippen LogP contribution is -2.34. The largest absolute Gasteiger partial charge is 0.352 e. The fourth-order valence-corrected chi connectivity index (χ4v) is 3.68. The summed E-state index contributed by atoms with van der Waals surface area (Å²) in [5.41, 5.74) is 2.57. The average molecular weight is 415 g/mol. The highest BCUT2D eigenvalue weighted by Gasteiger charge is 2.35. The molecule has 2 aromatic rings. The van der Waals surface area contributed by atoms with Gasteiger partial charge in [-0.15, -0.1) is 0 Å². The van der Waals surface area contributed by atoms with Gasteiger partial charge in [0.25, 0.3) is 11.8 Å². The zero-order chi connectivity index (χ0) is 21.2. The molecule has 0 saturated carbocycles. The van der Waals surface area contributed by atoms with Gasteiger partial charge >= 0.3 is 0 Å². The van der Waals surface area contributed by atoms with Crippen LogP contribution in [0.15, 0.2) is 42.5 Å². The molecule has 1 aliphatic heterocycles. The summed E-state index contributed by atoms with van der Waals surface area (Å²) in [7, 11) is -3.45. The van der Waals surface area contributed by atoms with E-state index in [1.165, 1.54) is 0 Å². The number of hydrogen-bond donors (Lipinski definition) is 2. The molecule has 0 bridgehead atoms. The number of hydrogen-bond acceptors (Lipinski definition) is 5. The molecule has 0 spiro atoms. The minimum atomic E-state index is -3.45. The van der Waals surface area contributed by atoms with Gasteiger partial charge in [-0.1, -0.05) is 29.8 Å². The number of amides is 3. The molecule has 0 saturated heterocycles. The van der Waals surface area contributed by atoms with E-state index in [0.29, 0.717) is 22.4 Å². The predicted octanol–water partition coefficient (Wildman–Crippen LogP) is 1.67. The van der Waals surface area contributed by atoms with Crippen LogP contribution in [-0.2, 0) is 21.4 Å². The predicted molar refractivity (Wildman–Crippen MR) is 108 cm³/mol. The highest BCUT2D eigenvalue weighted by atomic mass is 32.2. The van der Waals surface area contributed by atoms with Crippen molar-refractivity contribution in [2.24, 2.45) is 0 Å². The van der Waals surface area contributed by atoms with Gasteiger partial charge in [-0.05, 0) is 30.7 Å². The Kier molecular flexibility index (Phi) is 5.69. The molecule has 29 heavy (non-hydrogen) atoms. The number of anilines is 1. The first-order valence-electron chi connectivity index (χ1n) is 8.95. The van der Waals surface area contributed by atoms with Gasteiger partial charge in [-0.3, -0.25) is 24.0 Å². The highest BCUT2D eigenvalue weighted by molar-refractivity contribution is 7.92. The molecule has 3 rings (SSSR count). The standard InChI is InChI=1S/C20H21N3O5S/c1-13-7-8-15-16(11-13)20(26)23(19(15)25)10-9-18(24)21-12-14-5-3-4-6-17(14)22-29(2,27)28/h3-8,11,22H,9-10,12H2,1-2H3,(H,21,24). The molecule has 3 amide bonds. The van der Waals surface area contributed by atoms with Crippen LogP contribution in [0.1, 0.15) is 38.3 Å². The van der Waals surface area contributed by atoms with Gasteiger partial charge in [0.1, 0.15) is 0 Å². The number of nitrogens with zero attached hydrogens (tertiary/aromatic N) is 1. The maximum atomic E-state index is 12.4. The molecule has 0 aliphatic carbocycles. The number of carbonyl (C=O) groups excluding carboxylic acids is 3. The third kappa shape index (κ3) is 4.80. The van der Waals surface area contributed by atoms with Gasteiger partial charge in [0.15, 0.2) is 0 Å². The lowest BCUT2D eigenvalue weighted by molar-refractivity contribution is -0.121. The van der Waals surface area contributed by atoms with E-state index in [2.05, 4.69) is 10.0 Å². The van der Waals surface area contributed by atoms with Crippen LogP contribution in [0.25, 0.3) is 0 Å². The van der Waals surface area contributed by atoms with Gasteiger partial charge in [0.05, 0.1) is 23.1 Å². The summed E-state index contributed by atoms with van der Waals surface area (Å²) < 4.78 is 25.3. The first kappa shape index (κ1) is 20.5. The lowest BCUT2D eigenvalue weighted by Gasteiger charge is -2.14. The summed E-state index contributed by atoms with van der Waals surface area (Å²) in [6, 6.07) is 11.8. The van der Waals surface area contributed by atoms with Crippen LogP contribution >= 0.6 is 0 Å². The number of imide groups is 1. The smallest absolute Gasteiger partial charge is 0.261 e. The van der Waals surface area contributed by atoms with Crippen LogP contribution in [-0.4, -0.2) is 43.8 Å².